The number of carboxylic acids is 2. The van der Waals surface area contributed by atoms with Crippen molar-refractivity contribution in [1.82, 2.24) is 4.98 Å². The number of halogens is 2. The summed E-state index contributed by atoms with van der Waals surface area (Å²) in [5.41, 5.74) is 2.69. The fourth-order valence-corrected chi connectivity index (χ4v) is 2.56. The Morgan fingerprint density at radius 3 is 2.27 bits per heavy atom. The number of aromatic amines is 1. The number of nitrogens with two attached hydrogens (primary N) is 1. The zero-order chi connectivity index (χ0) is 16.6. The van der Waals surface area contributed by atoms with E-state index >= 15 is 0 Å². The maximum absolute atomic E-state index is 13.2. The van der Waals surface area contributed by atoms with E-state index in [4.69, 9.17) is 5.73 Å². The minimum absolute atomic E-state index is 0.0222. The highest BCUT2D eigenvalue weighted by Crippen LogP contribution is 2.34. The predicted octanol–water partition coefficient (Wildman–Crippen LogP) is 1.92. The first-order valence-corrected chi connectivity index (χ1v) is 6.51. The average Bonchev–Trinajstić information content (AvgIpc) is 2.36. The lowest BCUT2D eigenvalue weighted by molar-refractivity contribution is 0.0695. The molecule has 0 aliphatic heterocycles. The molecular formula is C13H8BrFN2O5. The van der Waals surface area contributed by atoms with Crippen LogP contribution in [0.1, 0.15) is 20.7 Å². The lowest BCUT2D eigenvalue weighted by Crippen LogP contribution is -2.24. The minimum Gasteiger partial charge on any atom is -0.478 e. The second-order valence-corrected chi connectivity index (χ2v) is 5.08. The molecule has 0 aliphatic rings. The van der Waals surface area contributed by atoms with Crippen molar-refractivity contribution in [2.45, 2.75) is 0 Å². The number of anilines is 1. The van der Waals surface area contributed by atoms with Crippen molar-refractivity contribution in [3.8, 4) is 11.1 Å². The number of aromatic carboxylic acids is 2. The van der Waals surface area contributed by atoms with Gasteiger partial charge in [-0.15, -0.1) is 0 Å². The zero-order valence-corrected chi connectivity index (χ0v) is 12.3. The summed E-state index contributed by atoms with van der Waals surface area (Å²) in [4.78, 5) is 36.5. The minimum atomic E-state index is -1.63. The van der Waals surface area contributed by atoms with E-state index in [9.17, 15) is 29.0 Å². The highest BCUT2D eigenvalue weighted by Gasteiger charge is 2.27. The average molecular weight is 371 g/mol. The summed E-state index contributed by atoms with van der Waals surface area (Å²) >= 11 is 3.02. The van der Waals surface area contributed by atoms with Crippen LogP contribution < -0.4 is 11.3 Å². The lowest BCUT2D eigenvalue weighted by atomic mass is 9.95. The number of carbonyl (C=O) groups is 2. The maximum Gasteiger partial charge on any atom is 0.342 e. The van der Waals surface area contributed by atoms with E-state index in [1.54, 1.807) is 0 Å². The van der Waals surface area contributed by atoms with Crippen LogP contribution in [-0.2, 0) is 0 Å². The monoisotopic (exact) mass is 370 g/mol. The molecule has 0 saturated carbocycles. The van der Waals surface area contributed by atoms with E-state index in [2.05, 4.69) is 15.9 Å². The molecule has 7 nitrogen and oxygen atoms in total. The van der Waals surface area contributed by atoms with E-state index in [1.807, 2.05) is 4.98 Å². The Morgan fingerprint density at radius 2 is 1.77 bits per heavy atom. The van der Waals surface area contributed by atoms with Crippen molar-refractivity contribution in [3.05, 3.63) is 50.0 Å². The molecule has 9 heteroatoms. The lowest BCUT2D eigenvalue weighted by Gasteiger charge is -2.13. The highest BCUT2D eigenvalue weighted by molar-refractivity contribution is 9.10. The maximum atomic E-state index is 13.2. The summed E-state index contributed by atoms with van der Waals surface area (Å²) < 4.78 is 13.3. The summed E-state index contributed by atoms with van der Waals surface area (Å²) in [6.07, 6.45) is 0. The third-order valence-electron chi connectivity index (χ3n) is 2.87. The Morgan fingerprint density at radius 1 is 1.18 bits per heavy atom. The molecule has 0 aliphatic carbocycles. The van der Waals surface area contributed by atoms with Gasteiger partial charge in [0.1, 0.15) is 22.8 Å². The summed E-state index contributed by atoms with van der Waals surface area (Å²) in [5, 5.41) is 18.5. The van der Waals surface area contributed by atoms with E-state index in [0.29, 0.717) is 0 Å². The van der Waals surface area contributed by atoms with E-state index in [0.717, 1.165) is 18.2 Å². The Hall–Kier alpha value is -2.68. The number of nitrogen functional groups attached to an aromatic ring is 1. The van der Waals surface area contributed by atoms with Gasteiger partial charge in [-0.2, -0.15) is 0 Å². The number of H-pyrrole nitrogens is 1. The SMILES string of the molecule is Nc1[nH]c(=O)c(C(=O)O)c(-c2ccc(F)cc2Br)c1C(=O)O. The Balaban J connectivity index is 3.02. The highest BCUT2D eigenvalue weighted by atomic mass is 79.9. The number of aromatic nitrogens is 1. The van der Waals surface area contributed by atoms with Crippen LogP contribution >= 0.6 is 15.9 Å². The molecule has 0 bridgehead atoms. The van der Waals surface area contributed by atoms with Crippen molar-refractivity contribution in [3.63, 3.8) is 0 Å². The van der Waals surface area contributed by atoms with Crippen LogP contribution in [0.25, 0.3) is 11.1 Å². The van der Waals surface area contributed by atoms with Gasteiger partial charge in [0, 0.05) is 10.0 Å². The van der Waals surface area contributed by atoms with Gasteiger partial charge in [0.15, 0.2) is 0 Å². The van der Waals surface area contributed by atoms with Crippen molar-refractivity contribution in [2.75, 3.05) is 5.73 Å². The number of carboxylic acid groups (broad SMARTS) is 2. The Bertz CT molecular complexity index is 862. The van der Waals surface area contributed by atoms with Crippen LogP contribution in [0.3, 0.4) is 0 Å². The third kappa shape index (κ3) is 2.58. The van der Waals surface area contributed by atoms with E-state index in [-0.39, 0.29) is 10.0 Å². The zero-order valence-electron chi connectivity index (χ0n) is 10.7. The molecule has 5 N–H and O–H groups in total. The molecule has 0 spiro atoms. The van der Waals surface area contributed by atoms with Crippen LogP contribution in [0.5, 0.6) is 0 Å². The van der Waals surface area contributed by atoms with E-state index < -0.39 is 45.8 Å². The van der Waals surface area contributed by atoms with Gasteiger partial charge in [0.05, 0.1) is 0 Å². The van der Waals surface area contributed by atoms with Gasteiger partial charge in [-0.05, 0) is 17.7 Å². The number of nitrogens with one attached hydrogen (secondary N) is 1. The summed E-state index contributed by atoms with van der Waals surface area (Å²) in [7, 11) is 0. The molecule has 2 aromatic rings. The molecule has 2 rings (SSSR count). The molecule has 1 aromatic heterocycles. The van der Waals surface area contributed by atoms with Gasteiger partial charge in [0.2, 0.25) is 0 Å². The molecule has 114 valence electrons. The first-order valence-electron chi connectivity index (χ1n) is 5.71. The van der Waals surface area contributed by atoms with Crippen molar-refractivity contribution in [1.29, 1.82) is 0 Å². The van der Waals surface area contributed by atoms with Gasteiger partial charge >= 0.3 is 11.9 Å². The molecule has 0 amide bonds. The topological polar surface area (TPSA) is 133 Å². The number of benzene rings is 1. The molecule has 1 heterocycles. The molecule has 0 unspecified atom stereocenters. The Labute approximate surface area is 130 Å². The van der Waals surface area contributed by atoms with Crippen molar-refractivity contribution < 1.29 is 24.2 Å². The van der Waals surface area contributed by atoms with Gasteiger partial charge in [-0.25, -0.2) is 14.0 Å². The fraction of sp³-hybridized carbons (Fsp3) is 0. The van der Waals surface area contributed by atoms with Crippen LogP contribution in [0.2, 0.25) is 0 Å². The van der Waals surface area contributed by atoms with Gasteiger partial charge in [0.25, 0.3) is 5.56 Å². The van der Waals surface area contributed by atoms with Gasteiger partial charge in [-0.3, -0.25) is 4.79 Å². The van der Waals surface area contributed by atoms with Crippen molar-refractivity contribution in [2.24, 2.45) is 0 Å². The number of hydrogen-bond donors (Lipinski definition) is 4. The summed E-state index contributed by atoms with van der Waals surface area (Å²) in [6.45, 7) is 0. The van der Waals surface area contributed by atoms with E-state index in [1.165, 1.54) is 0 Å². The smallest absolute Gasteiger partial charge is 0.342 e. The standard InChI is InChI=1S/C13H8BrFN2O5/c14-6-3-4(15)1-2-5(6)7-8(12(19)20)10(16)17-11(18)9(7)13(21)22/h1-3H,(H,19,20)(H,21,22)(H3,16,17,18). The molecular weight excluding hydrogens is 363 g/mol. The quantitative estimate of drug-likeness (QED) is 0.652. The normalized spacial score (nSPS) is 10.5. The second kappa shape index (κ2) is 5.60. The van der Waals surface area contributed by atoms with Crippen molar-refractivity contribution >= 4 is 33.7 Å². The third-order valence-corrected chi connectivity index (χ3v) is 3.53. The fourth-order valence-electron chi connectivity index (χ4n) is 2.01. The van der Waals surface area contributed by atoms with Gasteiger partial charge in [-0.1, -0.05) is 22.0 Å². The molecule has 1 aromatic carbocycles. The Kier molecular flexibility index (Phi) is 4.00. The number of hydrogen-bond acceptors (Lipinski definition) is 4. The number of pyridine rings is 1. The first kappa shape index (κ1) is 15.7. The van der Waals surface area contributed by atoms with Crippen LogP contribution in [0.15, 0.2) is 27.5 Å². The van der Waals surface area contributed by atoms with Crippen LogP contribution in [-0.4, -0.2) is 27.1 Å². The summed E-state index contributed by atoms with van der Waals surface area (Å²) in [5.74, 6) is -4.27. The molecule has 0 radical (unpaired) electrons. The second-order valence-electron chi connectivity index (χ2n) is 4.23. The van der Waals surface area contributed by atoms with Crippen LogP contribution in [0.4, 0.5) is 10.2 Å². The molecule has 0 fully saturated rings. The molecule has 22 heavy (non-hydrogen) atoms. The first-order chi connectivity index (χ1) is 10.2. The van der Waals surface area contributed by atoms with Crippen LogP contribution in [0, 0.1) is 5.82 Å². The predicted molar refractivity (Wildman–Crippen MR) is 78.5 cm³/mol. The largest absolute Gasteiger partial charge is 0.478 e. The van der Waals surface area contributed by atoms with Gasteiger partial charge < -0.3 is 20.9 Å². The number of rotatable bonds is 3. The molecule has 0 atom stereocenters. The molecule has 0 saturated heterocycles. The summed E-state index contributed by atoms with van der Waals surface area (Å²) in [6, 6.07) is 3.19.